The highest BCUT2D eigenvalue weighted by molar-refractivity contribution is 7.99. The Bertz CT molecular complexity index is 770. The van der Waals surface area contributed by atoms with E-state index in [4.69, 9.17) is 0 Å². The van der Waals surface area contributed by atoms with Crippen molar-refractivity contribution in [3.05, 3.63) is 29.8 Å². The number of carbonyl (C=O) groups is 1. The Morgan fingerprint density at radius 1 is 1.15 bits per heavy atom. The van der Waals surface area contributed by atoms with Crippen molar-refractivity contribution in [3.63, 3.8) is 0 Å². The molecule has 0 saturated heterocycles. The second-order valence-corrected chi connectivity index (χ2v) is 9.20. The highest BCUT2D eigenvalue weighted by Gasteiger charge is 2.24. The molecule has 146 valence electrons. The summed E-state index contributed by atoms with van der Waals surface area (Å²) in [4.78, 5) is 11.7. The number of hydrogen-bond acceptors (Lipinski definition) is 4. The van der Waals surface area contributed by atoms with Crippen LogP contribution in [0.1, 0.15) is 64.5 Å². The van der Waals surface area contributed by atoms with E-state index in [1.165, 1.54) is 36.6 Å². The number of hydrogen-bond donors (Lipinski definition) is 1. The summed E-state index contributed by atoms with van der Waals surface area (Å²) in [7, 11) is 1.66. The first-order chi connectivity index (χ1) is 12.9. The fourth-order valence-electron chi connectivity index (χ4n) is 3.56. The summed E-state index contributed by atoms with van der Waals surface area (Å²) in [6.07, 6.45) is 6.09. The molecule has 1 heterocycles. The molecule has 0 radical (unpaired) electrons. The van der Waals surface area contributed by atoms with Crippen LogP contribution in [0.15, 0.2) is 29.4 Å². The molecule has 27 heavy (non-hydrogen) atoms. The van der Waals surface area contributed by atoms with Gasteiger partial charge in [0.15, 0.2) is 11.0 Å². The van der Waals surface area contributed by atoms with E-state index in [1.807, 2.05) is 0 Å². The molecule has 1 aliphatic rings. The zero-order valence-electron chi connectivity index (χ0n) is 16.8. The molecule has 5 nitrogen and oxygen atoms in total. The third kappa shape index (κ3) is 4.72. The molecule has 1 amide bonds. The van der Waals surface area contributed by atoms with Gasteiger partial charge in [-0.1, -0.05) is 76.1 Å². The van der Waals surface area contributed by atoms with Crippen molar-refractivity contribution in [2.24, 2.45) is 0 Å². The van der Waals surface area contributed by atoms with Crippen LogP contribution >= 0.6 is 11.8 Å². The van der Waals surface area contributed by atoms with Gasteiger partial charge in [-0.25, -0.2) is 0 Å². The second-order valence-electron chi connectivity index (χ2n) is 8.26. The largest absolute Gasteiger partial charge is 0.358 e. The quantitative estimate of drug-likeness (QED) is 0.764. The SMILES string of the molecule is CNC(=O)CSc1nnc(-c2ccc(C(C)(C)C)cc2)n1C1CCCCC1. The molecule has 1 aromatic heterocycles. The summed E-state index contributed by atoms with van der Waals surface area (Å²) in [5, 5.41) is 12.5. The molecule has 1 fully saturated rings. The monoisotopic (exact) mass is 386 g/mol. The van der Waals surface area contributed by atoms with Gasteiger partial charge in [-0.2, -0.15) is 0 Å². The molecule has 2 aromatic rings. The molecule has 0 atom stereocenters. The number of nitrogens with one attached hydrogen (secondary N) is 1. The van der Waals surface area contributed by atoms with Crippen molar-refractivity contribution in [1.29, 1.82) is 0 Å². The van der Waals surface area contributed by atoms with Gasteiger partial charge in [0.05, 0.1) is 5.75 Å². The molecule has 1 N–H and O–H groups in total. The predicted octanol–water partition coefficient (Wildman–Crippen LogP) is 4.59. The maximum atomic E-state index is 11.7. The highest BCUT2D eigenvalue weighted by atomic mass is 32.2. The van der Waals surface area contributed by atoms with Gasteiger partial charge in [0.25, 0.3) is 0 Å². The van der Waals surface area contributed by atoms with Crippen molar-refractivity contribution in [2.45, 2.75) is 69.5 Å². The van der Waals surface area contributed by atoms with Crippen molar-refractivity contribution in [1.82, 2.24) is 20.1 Å². The number of rotatable bonds is 5. The number of aromatic nitrogens is 3. The lowest BCUT2D eigenvalue weighted by molar-refractivity contribution is -0.118. The third-order valence-electron chi connectivity index (χ3n) is 5.22. The minimum atomic E-state index is 0.00859. The second kappa shape index (κ2) is 8.46. The summed E-state index contributed by atoms with van der Waals surface area (Å²) < 4.78 is 2.28. The maximum absolute atomic E-state index is 11.7. The van der Waals surface area contributed by atoms with Crippen LogP contribution in [0.4, 0.5) is 0 Å². The molecule has 0 spiro atoms. The van der Waals surface area contributed by atoms with Crippen LogP contribution in [0.3, 0.4) is 0 Å². The summed E-state index contributed by atoms with van der Waals surface area (Å²) >= 11 is 1.47. The lowest BCUT2D eigenvalue weighted by Gasteiger charge is -2.26. The first kappa shape index (κ1) is 19.9. The molecule has 1 aliphatic carbocycles. The average molecular weight is 387 g/mol. The zero-order valence-corrected chi connectivity index (χ0v) is 17.6. The third-order valence-corrected chi connectivity index (χ3v) is 6.17. The van der Waals surface area contributed by atoms with E-state index in [-0.39, 0.29) is 11.3 Å². The zero-order chi connectivity index (χ0) is 19.4. The Hall–Kier alpha value is -1.82. The van der Waals surface area contributed by atoms with Crippen LogP contribution in [-0.4, -0.2) is 33.5 Å². The van der Waals surface area contributed by atoms with Gasteiger partial charge in [-0.15, -0.1) is 10.2 Å². The lowest BCUT2D eigenvalue weighted by atomic mass is 9.86. The minimum absolute atomic E-state index is 0.00859. The Labute approximate surface area is 166 Å². The first-order valence-electron chi connectivity index (χ1n) is 9.79. The van der Waals surface area contributed by atoms with E-state index < -0.39 is 0 Å². The summed E-state index contributed by atoms with van der Waals surface area (Å²) in [5.74, 6) is 1.29. The Kier molecular flexibility index (Phi) is 6.25. The number of thioether (sulfide) groups is 1. The van der Waals surface area contributed by atoms with Crippen LogP contribution < -0.4 is 5.32 Å². The number of amides is 1. The fraction of sp³-hybridized carbons (Fsp3) is 0.571. The maximum Gasteiger partial charge on any atom is 0.230 e. The normalized spacial score (nSPS) is 15.7. The molecular weight excluding hydrogens is 356 g/mol. The van der Waals surface area contributed by atoms with Gasteiger partial charge in [-0.05, 0) is 23.8 Å². The van der Waals surface area contributed by atoms with Crippen molar-refractivity contribution in [3.8, 4) is 11.4 Å². The topological polar surface area (TPSA) is 59.8 Å². The summed E-state index contributed by atoms with van der Waals surface area (Å²) in [6.45, 7) is 6.67. The van der Waals surface area contributed by atoms with Gasteiger partial charge < -0.3 is 5.32 Å². The van der Waals surface area contributed by atoms with Gasteiger partial charge in [-0.3, -0.25) is 9.36 Å². The minimum Gasteiger partial charge on any atom is -0.358 e. The smallest absolute Gasteiger partial charge is 0.230 e. The molecule has 0 unspecified atom stereocenters. The number of benzene rings is 1. The number of carbonyl (C=O) groups excluding carboxylic acids is 1. The number of nitrogens with zero attached hydrogens (tertiary/aromatic N) is 3. The Morgan fingerprint density at radius 3 is 2.41 bits per heavy atom. The van der Waals surface area contributed by atoms with Crippen molar-refractivity contribution < 1.29 is 4.79 Å². The van der Waals surface area contributed by atoms with E-state index in [0.717, 1.165) is 29.4 Å². The van der Waals surface area contributed by atoms with Gasteiger partial charge >= 0.3 is 0 Å². The van der Waals surface area contributed by atoms with Crippen LogP contribution in [0.2, 0.25) is 0 Å². The van der Waals surface area contributed by atoms with Crippen LogP contribution in [0.5, 0.6) is 0 Å². The molecule has 0 bridgehead atoms. The van der Waals surface area contributed by atoms with Gasteiger partial charge in [0, 0.05) is 18.7 Å². The highest BCUT2D eigenvalue weighted by Crippen LogP contribution is 2.36. The molecule has 3 rings (SSSR count). The van der Waals surface area contributed by atoms with Crippen LogP contribution in [0, 0.1) is 0 Å². The van der Waals surface area contributed by atoms with Crippen molar-refractivity contribution in [2.75, 3.05) is 12.8 Å². The summed E-state index contributed by atoms with van der Waals surface area (Å²) in [5.41, 5.74) is 2.53. The standard InChI is InChI=1S/C21H30N4OS/c1-21(2,3)16-12-10-15(11-13-16)19-23-24-20(27-14-18(26)22-4)25(19)17-8-6-5-7-9-17/h10-13,17H,5-9,14H2,1-4H3,(H,22,26). The van der Waals surface area contributed by atoms with Crippen LogP contribution in [-0.2, 0) is 10.2 Å². The van der Waals surface area contributed by atoms with E-state index in [9.17, 15) is 4.79 Å². The molecule has 0 aliphatic heterocycles. The van der Waals surface area contributed by atoms with E-state index >= 15 is 0 Å². The van der Waals surface area contributed by atoms with Gasteiger partial charge in [0.1, 0.15) is 0 Å². The summed E-state index contributed by atoms with van der Waals surface area (Å²) in [6, 6.07) is 9.09. The lowest BCUT2D eigenvalue weighted by Crippen LogP contribution is -2.21. The fourth-order valence-corrected chi connectivity index (χ4v) is 4.44. The van der Waals surface area contributed by atoms with E-state index in [0.29, 0.717) is 11.8 Å². The molecule has 6 heteroatoms. The Morgan fingerprint density at radius 2 is 1.81 bits per heavy atom. The predicted molar refractivity (Wildman–Crippen MR) is 111 cm³/mol. The van der Waals surface area contributed by atoms with Gasteiger partial charge in [0.2, 0.25) is 5.91 Å². The molecule has 1 aromatic carbocycles. The first-order valence-corrected chi connectivity index (χ1v) is 10.8. The molecule has 1 saturated carbocycles. The Balaban J connectivity index is 1.94. The van der Waals surface area contributed by atoms with E-state index in [1.54, 1.807) is 7.05 Å². The van der Waals surface area contributed by atoms with E-state index in [2.05, 4.69) is 65.1 Å². The van der Waals surface area contributed by atoms with Crippen molar-refractivity contribution >= 4 is 17.7 Å². The molecular formula is C21H30N4OS. The average Bonchev–Trinajstić information content (AvgIpc) is 3.10. The van der Waals surface area contributed by atoms with Crippen LogP contribution in [0.25, 0.3) is 11.4 Å².